The van der Waals surface area contributed by atoms with Gasteiger partial charge in [0.05, 0.1) is 13.2 Å². The summed E-state index contributed by atoms with van der Waals surface area (Å²) in [5.41, 5.74) is -1.68. The van der Waals surface area contributed by atoms with E-state index in [2.05, 4.69) is 0 Å². The van der Waals surface area contributed by atoms with Crippen molar-refractivity contribution in [2.45, 2.75) is 95.0 Å². The van der Waals surface area contributed by atoms with Crippen molar-refractivity contribution in [1.82, 2.24) is 0 Å². The van der Waals surface area contributed by atoms with Crippen molar-refractivity contribution in [2.75, 3.05) is 7.11 Å². The predicted molar refractivity (Wildman–Crippen MR) is 100 cm³/mol. The highest BCUT2D eigenvalue weighted by atomic mass is 32.3. The Morgan fingerprint density at radius 2 is 1.71 bits per heavy atom. The lowest BCUT2D eigenvalue weighted by molar-refractivity contribution is -0.188. The van der Waals surface area contributed by atoms with Crippen LogP contribution in [0.15, 0.2) is 0 Å². The molecule has 2 saturated heterocycles. The van der Waals surface area contributed by atoms with E-state index >= 15 is 0 Å². The maximum atomic E-state index is 13.0. The standard InChI is InChI=1S/C17H30O9SSi/c1-15(2,3)28(7,8)26-17(14(18)21-6)9-10-11(23-16(4,5)22-10)12-13(17)25-27(19,20)24-12/h10-13H,9H2,1-8H3/t10-,11-,12+,13+,17+/m1/s1. The molecule has 0 N–H and O–H groups in total. The topological polar surface area (TPSA) is 107 Å². The number of rotatable bonds is 3. The number of methoxy groups -OCH3 is 1. The minimum absolute atomic E-state index is 0.0420. The number of hydrogen-bond acceptors (Lipinski definition) is 9. The number of carbonyl (C=O) groups is 1. The molecule has 1 saturated carbocycles. The summed E-state index contributed by atoms with van der Waals surface area (Å²) in [6, 6.07) is 0. The van der Waals surface area contributed by atoms with E-state index in [1.165, 1.54) is 7.11 Å². The molecule has 28 heavy (non-hydrogen) atoms. The Labute approximate surface area is 167 Å². The summed E-state index contributed by atoms with van der Waals surface area (Å²) in [5.74, 6) is -1.67. The highest BCUT2D eigenvalue weighted by molar-refractivity contribution is 7.82. The van der Waals surface area contributed by atoms with Gasteiger partial charge < -0.3 is 18.6 Å². The molecule has 0 unspecified atom stereocenters. The van der Waals surface area contributed by atoms with E-state index in [1.807, 2.05) is 33.9 Å². The van der Waals surface area contributed by atoms with Gasteiger partial charge in [-0.3, -0.25) is 0 Å². The van der Waals surface area contributed by atoms with E-state index in [0.29, 0.717) is 0 Å². The second kappa shape index (κ2) is 6.47. The molecule has 0 aromatic rings. The van der Waals surface area contributed by atoms with Crippen LogP contribution in [-0.2, 0) is 42.2 Å². The van der Waals surface area contributed by atoms with Crippen LogP contribution in [0, 0.1) is 0 Å². The zero-order valence-corrected chi connectivity index (χ0v) is 19.4. The number of fused-ring (bicyclic) bond motifs is 3. The molecule has 9 nitrogen and oxygen atoms in total. The normalized spacial score (nSPS) is 39.3. The summed E-state index contributed by atoms with van der Waals surface area (Å²) in [7, 11) is -5.64. The number of ether oxygens (including phenoxy) is 3. The molecule has 5 atom stereocenters. The molecule has 2 aliphatic heterocycles. The van der Waals surface area contributed by atoms with Crippen molar-refractivity contribution in [2.24, 2.45) is 0 Å². The van der Waals surface area contributed by atoms with Gasteiger partial charge in [-0.2, -0.15) is 8.42 Å². The van der Waals surface area contributed by atoms with Crippen LogP contribution in [0.3, 0.4) is 0 Å². The van der Waals surface area contributed by atoms with Gasteiger partial charge in [0.1, 0.15) is 18.3 Å². The molecule has 3 rings (SSSR count). The molecule has 0 aromatic heterocycles. The van der Waals surface area contributed by atoms with Crippen LogP contribution in [0.4, 0.5) is 0 Å². The average Bonchev–Trinajstić information content (AvgIpc) is 2.99. The zero-order valence-electron chi connectivity index (χ0n) is 17.6. The fourth-order valence-electron chi connectivity index (χ4n) is 3.80. The third-order valence-corrected chi connectivity index (χ3v) is 11.4. The molecule has 0 aromatic carbocycles. The highest BCUT2D eigenvalue weighted by Gasteiger charge is 2.70. The van der Waals surface area contributed by atoms with E-state index in [1.54, 1.807) is 13.8 Å². The van der Waals surface area contributed by atoms with Crippen molar-refractivity contribution in [3.8, 4) is 0 Å². The Morgan fingerprint density at radius 1 is 1.11 bits per heavy atom. The van der Waals surface area contributed by atoms with Crippen LogP contribution in [0.1, 0.15) is 41.0 Å². The lowest BCUT2D eigenvalue weighted by atomic mass is 9.77. The van der Waals surface area contributed by atoms with E-state index in [0.717, 1.165) is 0 Å². The van der Waals surface area contributed by atoms with Gasteiger partial charge in [-0.05, 0) is 32.0 Å². The lowest BCUT2D eigenvalue weighted by Crippen LogP contribution is -2.68. The van der Waals surface area contributed by atoms with Crippen LogP contribution >= 0.6 is 0 Å². The Bertz CT molecular complexity index is 757. The van der Waals surface area contributed by atoms with Gasteiger partial charge in [-0.15, -0.1) is 0 Å². The molecule has 3 aliphatic rings. The monoisotopic (exact) mass is 438 g/mol. The molecule has 0 spiro atoms. The molecule has 3 fully saturated rings. The summed E-state index contributed by atoms with van der Waals surface area (Å²) in [6.45, 7) is 13.5. The largest absolute Gasteiger partial charge is 0.467 e. The van der Waals surface area contributed by atoms with Crippen LogP contribution in [0.2, 0.25) is 18.1 Å². The fraction of sp³-hybridized carbons (Fsp3) is 0.941. The molecule has 162 valence electrons. The number of carbonyl (C=O) groups excluding carboxylic acids is 1. The molecular weight excluding hydrogens is 408 g/mol. The summed E-state index contributed by atoms with van der Waals surface area (Å²) >= 11 is 0. The van der Waals surface area contributed by atoms with Crippen LogP contribution < -0.4 is 0 Å². The summed E-state index contributed by atoms with van der Waals surface area (Å²) in [5, 5.41) is -0.245. The Balaban J connectivity index is 2.11. The fourth-order valence-corrected chi connectivity index (χ4v) is 6.34. The summed E-state index contributed by atoms with van der Waals surface area (Å²) < 4.78 is 58.2. The summed E-state index contributed by atoms with van der Waals surface area (Å²) in [4.78, 5) is 13.0. The molecule has 0 bridgehead atoms. The molecule has 1 aliphatic carbocycles. The minimum atomic E-state index is -4.32. The smallest absolute Gasteiger partial charge is 0.400 e. The second-order valence-electron chi connectivity index (χ2n) is 9.57. The maximum absolute atomic E-state index is 13.0. The third-order valence-electron chi connectivity index (χ3n) is 6.03. The van der Waals surface area contributed by atoms with Gasteiger partial charge in [-0.25, -0.2) is 13.2 Å². The quantitative estimate of drug-likeness (QED) is 0.482. The molecule has 2 heterocycles. The minimum Gasteiger partial charge on any atom is -0.467 e. The van der Waals surface area contributed by atoms with Crippen LogP contribution in [0.5, 0.6) is 0 Å². The van der Waals surface area contributed by atoms with Crippen LogP contribution in [-0.4, -0.2) is 65.6 Å². The van der Waals surface area contributed by atoms with Crippen LogP contribution in [0.25, 0.3) is 0 Å². The van der Waals surface area contributed by atoms with Crippen molar-refractivity contribution < 1.29 is 40.2 Å². The van der Waals surface area contributed by atoms with E-state index < -0.39 is 60.5 Å². The van der Waals surface area contributed by atoms with Gasteiger partial charge in [-0.1, -0.05) is 20.8 Å². The van der Waals surface area contributed by atoms with Gasteiger partial charge >= 0.3 is 16.4 Å². The van der Waals surface area contributed by atoms with Crippen molar-refractivity contribution >= 4 is 24.7 Å². The molecular formula is C17H30O9SSi. The number of esters is 1. The molecule has 0 radical (unpaired) electrons. The van der Waals surface area contributed by atoms with Crippen molar-refractivity contribution in [1.29, 1.82) is 0 Å². The zero-order chi connectivity index (χ0) is 21.3. The second-order valence-corrected chi connectivity index (χ2v) is 15.5. The van der Waals surface area contributed by atoms with Gasteiger partial charge in [0.2, 0.25) is 0 Å². The molecule has 11 heteroatoms. The van der Waals surface area contributed by atoms with Crippen molar-refractivity contribution in [3.63, 3.8) is 0 Å². The SMILES string of the molecule is COC(=O)[C@]1(O[Si](C)(C)C(C)(C)C)C[C@H]2OC(C)(C)O[C@H]2[C@@H]2OS(=O)(=O)O[C@@H]21. The first-order chi connectivity index (χ1) is 12.5. The molecule has 0 amide bonds. The van der Waals surface area contributed by atoms with E-state index in [9.17, 15) is 13.2 Å². The Morgan fingerprint density at radius 3 is 2.25 bits per heavy atom. The highest BCUT2D eigenvalue weighted by Crippen LogP contribution is 2.51. The summed E-state index contributed by atoms with van der Waals surface area (Å²) in [6.07, 6.45) is -3.58. The van der Waals surface area contributed by atoms with Crippen molar-refractivity contribution in [3.05, 3.63) is 0 Å². The third kappa shape index (κ3) is 3.55. The van der Waals surface area contributed by atoms with Gasteiger partial charge in [0, 0.05) is 6.42 Å². The Hall–Kier alpha value is -0.563. The first-order valence-electron chi connectivity index (χ1n) is 9.29. The van der Waals surface area contributed by atoms with Gasteiger partial charge in [0.25, 0.3) is 0 Å². The van der Waals surface area contributed by atoms with E-state index in [4.69, 9.17) is 27.0 Å². The first kappa shape index (κ1) is 22.1. The first-order valence-corrected chi connectivity index (χ1v) is 13.5. The average molecular weight is 439 g/mol. The predicted octanol–water partition coefficient (Wildman–Crippen LogP) is 1.87. The van der Waals surface area contributed by atoms with E-state index in [-0.39, 0.29) is 11.5 Å². The van der Waals surface area contributed by atoms with Gasteiger partial charge in [0.15, 0.2) is 19.7 Å². The maximum Gasteiger partial charge on any atom is 0.400 e. The lowest BCUT2D eigenvalue weighted by Gasteiger charge is -2.49. The number of hydrogen-bond donors (Lipinski definition) is 0. The Kier molecular flexibility index (Phi) is 5.11.